The lowest BCUT2D eigenvalue weighted by Gasteiger charge is -2.36. The fraction of sp³-hybridized carbons (Fsp3) is 0.409. The monoisotopic (exact) mass is 400 g/mol. The average Bonchev–Trinajstić information content (AvgIpc) is 2.72. The molecule has 2 aliphatic heterocycles. The van der Waals surface area contributed by atoms with E-state index in [2.05, 4.69) is 0 Å². The third-order valence-corrected chi connectivity index (χ3v) is 5.44. The molecule has 2 aliphatic rings. The number of Topliss-reactive ketones (excluding diaryl/α,β-unsaturated/α-hetero) is 1. The molecule has 0 aliphatic carbocycles. The molecule has 0 aromatic heterocycles. The zero-order valence-corrected chi connectivity index (χ0v) is 16.2. The number of fused-ring (bicyclic) bond motifs is 1. The number of carbonyl (C=O) groups excluding carboxylic acids is 1. The van der Waals surface area contributed by atoms with Crippen LogP contribution in [-0.4, -0.2) is 52.3 Å². The molecule has 0 bridgehead atoms. The first-order valence-electron chi connectivity index (χ1n) is 9.58. The maximum Gasteiger partial charge on any atom is 0.228 e. The van der Waals surface area contributed by atoms with Crippen LogP contribution in [0.15, 0.2) is 36.4 Å². The van der Waals surface area contributed by atoms with E-state index in [0.717, 1.165) is 5.56 Å². The Morgan fingerprint density at radius 1 is 1.07 bits per heavy atom. The van der Waals surface area contributed by atoms with Crippen molar-refractivity contribution in [3.63, 3.8) is 0 Å². The second-order valence-electron chi connectivity index (χ2n) is 7.54. The highest BCUT2D eigenvalue weighted by molar-refractivity contribution is 6.01. The van der Waals surface area contributed by atoms with E-state index in [1.54, 1.807) is 19.9 Å². The minimum atomic E-state index is -1.41. The first-order chi connectivity index (χ1) is 13.9. The topological polar surface area (TPSA) is 105 Å². The van der Waals surface area contributed by atoms with Gasteiger partial charge in [0.2, 0.25) is 6.29 Å². The summed E-state index contributed by atoms with van der Waals surface area (Å²) in [6, 6.07) is 11.3. The summed E-state index contributed by atoms with van der Waals surface area (Å²) in [5.41, 5.74) is 2.72. The first-order valence-corrected chi connectivity index (χ1v) is 9.58. The first kappa shape index (κ1) is 19.8. The van der Waals surface area contributed by atoms with Gasteiger partial charge in [-0.1, -0.05) is 30.3 Å². The van der Waals surface area contributed by atoms with Crippen molar-refractivity contribution in [1.82, 2.24) is 0 Å². The van der Waals surface area contributed by atoms with E-state index in [4.69, 9.17) is 14.2 Å². The minimum absolute atomic E-state index is 0.00894. The zero-order valence-electron chi connectivity index (χ0n) is 16.2. The maximum atomic E-state index is 12.8. The van der Waals surface area contributed by atoms with E-state index in [-0.39, 0.29) is 24.9 Å². The van der Waals surface area contributed by atoms with E-state index in [1.165, 1.54) is 0 Å². The summed E-state index contributed by atoms with van der Waals surface area (Å²) in [6.07, 6.45) is -5.24. The van der Waals surface area contributed by atoms with Gasteiger partial charge in [-0.2, -0.15) is 0 Å². The van der Waals surface area contributed by atoms with E-state index >= 15 is 0 Å². The molecule has 1 saturated heterocycles. The molecule has 3 N–H and O–H groups in total. The number of ether oxygens (including phenoxy) is 3. The van der Waals surface area contributed by atoms with Crippen molar-refractivity contribution in [2.45, 2.75) is 51.0 Å². The Bertz CT molecular complexity index is 911. The van der Waals surface area contributed by atoms with Gasteiger partial charge in [0.1, 0.15) is 35.9 Å². The molecule has 0 saturated carbocycles. The fourth-order valence-electron chi connectivity index (χ4n) is 3.80. The van der Waals surface area contributed by atoms with Crippen molar-refractivity contribution in [2.24, 2.45) is 0 Å². The number of hydrogen-bond acceptors (Lipinski definition) is 7. The molecule has 0 amide bonds. The smallest absolute Gasteiger partial charge is 0.228 e. The van der Waals surface area contributed by atoms with Gasteiger partial charge in [-0.25, -0.2) is 0 Å². The Balaban J connectivity index is 1.65. The SMILES string of the molecule is Cc1cc2c(c(C)c1O[C@@H]1OC[C@H](O)[C@H](O)C1O)OC(c1ccccc1)CC2=O. The molecule has 1 fully saturated rings. The van der Waals surface area contributed by atoms with Crippen molar-refractivity contribution in [1.29, 1.82) is 0 Å². The number of ketones is 1. The molecule has 0 radical (unpaired) electrons. The van der Waals surface area contributed by atoms with Crippen LogP contribution in [0.4, 0.5) is 0 Å². The third kappa shape index (κ3) is 3.62. The average molecular weight is 400 g/mol. The van der Waals surface area contributed by atoms with Crippen LogP contribution in [0.1, 0.15) is 39.6 Å². The highest BCUT2D eigenvalue weighted by atomic mass is 16.7. The van der Waals surface area contributed by atoms with Crippen molar-refractivity contribution in [3.8, 4) is 11.5 Å². The third-order valence-electron chi connectivity index (χ3n) is 5.44. The molecular formula is C22H24O7. The van der Waals surface area contributed by atoms with Crippen LogP contribution in [0.5, 0.6) is 11.5 Å². The van der Waals surface area contributed by atoms with Gasteiger partial charge < -0.3 is 29.5 Å². The van der Waals surface area contributed by atoms with Crippen molar-refractivity contribution < 1.29 is 34.3 Å². The van der Waals surface area contributed by atoms with Gasteiger partial charge >= 0.3 is 0 Å². The molecule has 4 rings (SSSR count). The number of aryl methyl sites for hydroxylation is 1. The Hall–Kier alpha value is -2.45. The lowest BCUT2D eigenvalue weighted by Crippen LogP contribution is -2.54. The van der Waals surface area contributed by atoms with Crippen LogP contribution in [0.2, 0.25) is 0 Å². The summed E-state index contributed by atoms with van der Waals surface area (Å²) >= 11 is 0. The number of aliphatic hydroxyl groups is 3. The molecule has 0 spiro atoms. The van der Waals surface area contributed by atoms with E-state index < -0.39 is 24.6 Å². The van der Waals surface area contributed by atoms with Crippen LogP contribution in [-0.2, 0) is 4.74 Å². The molecule has 2 heterocycles. The summed E-state index contributed by atoms with van der Waals surface area (Å²) in [5, 5.41) is 29.7. The number of rotatable bonds is 3. The molecule has 5 atom stereocenters. The summed E-state index contributed by atoms with van der Waals surface area (Å²) in [6.45, 7) is 3.42. The minimum Gasteiger partial charge on any atom is -0.484 e. The fourth-order valence-corrected chi connectivity index (χ4v) is 3.80. The lowest BCUT2D eigenvalue weighted by molar-refractivity contribution is -0.242. The van der Waals surface area contributed by atoms with Gasteiger partial charge in [-0.05, 0) is 31.0 Å². The van der Waals surface area contributed by atoms with Gasteiger partial charge in [0.25, 0.3) is 0 Å². The molecule has 29 heavy (non-hydrogen) atoms. The second-order valence-corrected chi connectivity index (χ2v) is 7.54. The molecule has 2 aromatic carbocycles. The van der Waals surface area contributed by atoms with Crippen LogP contribution in [0, 0.1) is 13.8 Å². The second kappa shape index (κ2) is 7.76. The largest absolute Gasteiger partial charge is 0.484 e. The Morgan fingerprint density at radius 3 is 2.52 bits per heavy atom. The Morgan fingerprint density at radius 2 is 1.79 bits per heavy atom. The van der Waals surface area contributed by atoms with Crippen LogP contribution >= 0.6 is 0 Å². The molecule has 154 valence electrons. The summed E-state index contributed by atoms with van der Waals surface area (Å²) in [4.78, 5) is 12.8. The van der Waals surface area contributed by atoms with Gasteiger partial charge in [0, 0.05) is 5.56 Å². The lowest BCUT2D eigenvalue weighted by atomic mass is 9.93. The van der Waals surface area contributed by atoms with E-state index in [0.29, 0.717) is 28.2 Å². The predicted octanol–water partition coefficient (Wildman–Crippen LogP) is 1.83. The van der Waals surface area contributed by atoms with Gasteiger partial charge in [0.15, 0.2) is 5.78 Å². The van der Waals surface area contributed by atoms with Crippen molar-refractivity contribution in [2.75, 3.05) is 6.61 Å². The van der Waals surface area contributed by atoms with Crippen LogP contribution in [0.25, 0.3) is 0 Å². The molecular weight excluding hydrogens is 376 g/mol. The Kier molecular flexibility index (Phi) is 5.31. The Labute approximate surface area is 168 Å². The quantitative estimate of drug-likeness (QED) is 0.722. The standard InChI is InChI=1S/C22H24O7/c1-11-8-14-15(23)9-17(13-6-4-3-5-7-13)28-21(14)12(2)20(11)29-22-19(26)18(25)16(24)10-27-22/h3-8,16-19,22,24-26H,9-10H2,1-2H3/t16-,17?,18-,19?,22-/m0/s1. The van der Waals surface area contributed by atoms with E-state index in [1.807, 2.05) is 30.3 Å². The highest BCUT2D eigenvalue weighted by Crippen LogP contribution is 2.42. The van der Waals surface area contributed by atoms with Crippen LogP contribution in [0.3, 0.4) is 0 Å². The van der Waals surface area contributed by atoms with Crippen molar-refractivity contribution in [3.05, 3.63) is 58.7 Å². The highest BCUT2D eigenvalue weighted by Gasteiger charge is 2.40. The van der Waals surface area contributed by atoms with Gasteiger partial charge in [-0.3, -0.25) is 4.79 Å². The van der Waals surface area contributed by atoms with Crippen LogP contribution < -0.4 is 9.47 Å². The number of hydrogen-bond donors (Lipinski definition) is 3. The molecule has 7 heteroatoms. The number of carbonyl (C=O) groups is 1. The number of benzene rings is 2. The van der Waals surface area contributed by atoms with Gasteiger partial charge in [0.05, 0.1) is 18.6 Å². The molecule has 7 nitrogen and oxygen atoms in total. The normalized spacial score (nSPS) is 29.1. The predicted molar refractivity (Wildman–Crippen MR) is 103 cm³/mol. The summed E-state index contributed by atoms with van der Waals surface area (Å²) in [7, 11) is 0. The summed E-state index contributed by atoms with van der Waals surface area (Å²) in [5.74, 6) is 0.852. The molecule has 2 aromatic rings. The van der Waals surface area contributed by atoms with E-state index in [9.17, 15) is 20.1 Å². The molecule has 2 unspecified atom stereocenters. The van der Waals surface area contributed by atoms with Crippen molar-refractivity contribution >= 4 is 5.78 Å². The van der Waals surface area contributed by atoms with Gasteiger partial charge in [-0.15, -0.1) is 0 Å². The summed E-state index contributed by atoms with van der Waals surface area (Å²) < 4.78 is 17.4. The maximum absolute atomic E-state index is 12.8. The number of aliphatic hydroxyl groups excluding tert-OH is 3. The zero-order chi connectivity index (χ0) is 20.7.